The van der Waals surface area contributed by atoms with E-state index in [4.69, 9.17) is 10.8 Å². The predicted molar refractivity (Wildman–Crippen MR) is 57.5 cm³/mol. The van der Waals surface area contributed by atoms with Crippen LogP contribution in [0.3, 0.4) is 0 Å². The molecule has 16 heavy (non-hydrogen) atoms. The minimum absolute atomic E-state index is 0.0885. The Morgan fingerprint density at radius 1 is 1.50 bits per heavy atom. The Bertz CT molecular complexity index is 384. The first-order chi connectivity index (χ1) is 7.39. The van der Waals surface area contributed by atoms with Gasteiger partial charge in [0.05, 0.1) is 10.2 Å². The molecule has 0 aliphatic rings. The lowest BCUT2D eigenvalue weighted by molar-refractivity contribution is -0.276. The van der Waals surface area contributed by atoms with E-state index in [1.807, 2.05) is 0 Å². The van der Waals surface area contributed by atoms with Crippen LogP contribution in [0.4, 0.5) is 13.2 Å². The first-order valence-corrected chi connectivity index (χ1v) is 5.19. The molecule has 1 heterocycles. The van der Waals surface area contributed by atoms with Crippen LogP contribution in [-0.2, 0) is 13.2 Å². The molecule has 0 bridgehead atoms. The van der Waals surface area contributed by atoms with Gasteiger partial charge in [-0.3, -0.25) is 0 Å². The summed E-state index contributed by atoms with van der Waals surface area (Å²) < 4.78 is 39.8. The standard InChI is InChI=1S/C8H8F3IN2O2/c9-8(10,11)16-7-6(12)5(3-15)4(1-13)2-14-7/h2,15H,1,3,13H2. The Labute approximate surface area is 103 Å². The molecule has 3 N–H and O–H groups in total. The summed E-state index contributed by atoms with van der Waals surface area (Å²) in [4.78, 5) is 3.50. The van der Waals surface area contributed by atoms with E-state index in [2.05, 4.69) is 9.72 Å². The van der Waals surface area contributed by atoms with Gasteiger partial charge in [-0.2, -0.15) is 0 Å². The van der Waals surface area contributed by atoms with E-state index < -0.39 is 18.8 Å². The fourth-order valence-electron chi connectivity index (χ4n) is 1.07. The molecule has 4 nitrogen and oxygen atoms in total. The Balaban J connectivity index is 3.14. The SMILES string of the molecule is NCc1cnc(OC(F)(F)F)c(I)c1CO. The largest absolute Gasteiger partial charge is 0.574 e. The fourth-order valence-corrected chi connectivity index (χ4v) is 1.84. The van der Waals surface area contributed by atoms with Crippen molar-refractivity contribution in [3.63, 3.8) is 0 Å². The third kappa shape index (κ3) is 3.19. The van der Waals surface area contributed by atoms with Gasteiger partial charge in [-0.05, 0) is 28.2 Å². The minimum Gasteiger partial charge on any atom is -0.392 e. The van der Waals surface area contributed by atoms with Gasteiger partial charge in [0.15, 0.2) is 0 Å². The number of aliphatic hydroxyl groups is 1. The quantitative estimate of drug-likeness (QED) is 0.814. The van der Waals surface area contributed by atoms with E-state index in [0.29, 0.717) is 11.1 Å². The molecule has 0 amide bonds. The van der Waals surface area contributed by atoms with E-state index in [1.54, 1.807) is 22.6 Å². The van der Waals surface area contributed by atoms with Crippen LogP contribution in [0.25, 0.3) is 0 Å². The van der Waals surface area contributed by atoms with Crippen LogP contribution < -0.4 is 10.5 Å². The van der Waals surface area contributed by atoms with Crippen LogP contribution >= 0.6 is 22.6 Å². The van der Waals surface area contributed by atoms with Gasteiger partial charge < -0.3 is 15.6 Å². The Morgan fingerprint density at radius 3 is 2.56 bits per heavy atom. The fraction of sp³-hybridized carbons (Fsp3) is 0.375. The topological polar surface area (TPSA) is 68.4 Å². The lowest BCUT2D eigenvalue weighted by Crippen LogP contribution is -2.19. The van der Waals surface area contributed by atoms with Crippen LogP contribution in [0.5, 0.6) is 5.88 Å². The van der Waals surface area contributed by atoms with Gasteiger partial charge in [-0.15, -0.1) is 13.2 Å². The van der Waals surface area contributed by atoms with Gasteiger partial charge in [0.1, 0.15) is 0 Å². The number of alkyl halides is 3. The molecule has 0 aliphatic heterocycles. The van der Waals surface area contributed by atoms with Crippen LogP contribution in [0.1, 0.15) is 11.1 Å². The lowest BCUT2D eigenvalue weighted by atomic mass is 10.1. The number of pyridine rings is 1. The molecule has 0 atom stereocenters. The molecule has 0 radical (unpaired) electrons. The van der Waals surface area contributed by atoms with E-state index in [-0.39, 0.29) is 10.1 Å². The summed E-state index contributed by atoms with van der Waals surface area (Å²) >= 11 is 1.63. The maximum Gasteiger partial charge on any atom is 0.574 e. The smallest absolute Gasteiger partial charge is 0.392 e. The molecule has 8 heteroatoms. The number of hydrogen-bond donors (Lipinski definition) is 2. The van der Waals surface area contributed by atoms with Gasteiger partial charge in [-0.25, -0.2) is 4.98 Å². The summed E-state index contributed by atoms with van der Waals surface area (Å²) in [6, 6.07) is 0. The van der Waals surface area contributed by atoms with Gasteiger partial charge in [0.2, 0.25) is 5.88 Å². The highest BCUT2D eigenvalue weighted by Gasteiger charge is 2.33. The minimum atomic E-state index is -4.80. The summed E-state index contributed by atoms with van der Waals surface area (Å²) in [6.45, 7) is -0.327. The molecule has 90 valence electrons. The van der Waals surface area contributed by atoms with Crippen LogP contribution in [-0.4, -0.2) is 16.5 Å². The third-order valence-corrected chi connectivity index (χ3v) is 2.88. The van der Waals surface area contributed by atoms with Crippen molar-refractivity contribution in [1.82, 2.24) is 4.98 Å². The first kappa shape index (κ1) is 13.5. The zero-order chi connectivity index (χ0) is 12.3. The molecule has 1 rings (SSSR count). The van der Waals surface area contributed by atoms with Crippen LogP contribution in [0, 0.1) is 3.57 Å². The van der Waals surface area contributed by atoms with Crippen molar-refractivity contribution in [2.45, 2.75) is 19.5 Å². The number of halogens is 4. The Morgan fingerprint density at radius 2 is 2.12 bits per heavy atom. The summed E-state index contributed by atoms with van der Waals surface area (Å²) in [5, 5.41) is 9.03. The highest BCUT2D eigenvalue weighted by atomic mass is 127. The molecule has 1 aromatic rings. The van der Waals surface area contributed by atoms with E-state index >= 15 is 0 Å². The summed E-state index contributed by atoms with van der Waals surface area (Å²) in [6.07, 6.45) is -3.64. The molecule has 0 saturated heterocycles. The Kier molecular flexibility index (Phi) is 4.33. The molecule has 0 unspecified atom stereocenters. The third-order valence-electron chi connectivity index (χ3n) is 1.77. The number of aliphatic hydroxyl groups excluding tert-OH is 1. The highest BCUT2D eigenvalue weighted by molar-refractivity contribution is 14.1. The van der Waals surface area contributed by atoms with Gasteiger partial charge >= 0.3 is 6.36 Å². The van der Waals surface area contributed by atoms with Crippen molar-refractivity contribution in [1.29, 1.82) is 0 Å². The zero-order valence-electron chi connectivity index (χ0n) is 7.88. The second-order valence-electron chi connectivity index (χ2n) is 2.79. The average Bonchev–Trinajstić information content (AvgIpc) is 2.19. The predicted octanol–water partition coefficient (Wildman–Crippen LogP) is 1.54. The number of nitrogens with two attached hydrogens (primary N) is 1. The summed E-state index contributed by atoms with van der Waals surface area (Å²) in [5.74, 6) is -0.575. The van der Waals surface area contributed by atoms with Crippen LogP contribution in [0.2, 0.25) is 0 Å². The highest BCUT2D eigenvalue weighted by Crippen LogP contribution is 2.29. The second-order valence-corrected chi connectivity index (χ2v) is 3.87. The van der Waals surface area contributed by atoms with Crippen molar-refractivity contribution >= 4 is 22.6 Å². The molecule has 0 fully saturated rings. The number of nitrogens with zero attached hydrogens (tertiary/aromatic N) is 1. The van der Waals surface area contributed by atoms with Gasteiger partial charge in [-0.1, -0.05) is 0 Å². The maximum absolute atomic E-state index is 12.0. The van der Waals surface area contributed by atoms with Crippen molar-refractivity contribution in [3.8, 4) is 5.88 Å². The molecule has 0 spiro atoms. The van der Waals surface area contributed by atoms with Crippen molar-refractivity contribution < 1.29 is 23.0 Å². The molecular formula is C8H8F3IN2O2. The summed E-state index contributed by atoms with van der Waals surface area (Å²) in [7, 11) is 0. The second kappa shape index (κ2) is 5.15. The average molecular weight is 348 g/mol. The van der Waals surface area contributed by atoms with Crippen molar-refractivity contribution in [2.24, 2.45) is 5.73 Å². The first-order valence-electron chi connectivity index (χ1n) is 4.12. The molecule has 1 aromatic heterocycles. The number of rotatable bonds is 3. The summed E-state index contributed by atoms with van der Waals surface area (Å²) in [5.41, 5.74) is 6.15. The molecule has 0 aliphatic carbocycles. The monoisotopic (exact) mass is 348 g/mol. The van der Waals surface area contributed by atoms with Crippen molar-refractivity contribution in [2.75, 3.05) is 0 Å². The number of aromatic nitrogens is 1. The zero-order valence-corrected chi connectivity index (χ0v) is 10.0. The number of hydrogen-bond acceptors (Lipinski definition) is 4. The van der Waals surface area contributed by atoms with Gasteiger partial charge in [0, 0.05) is 18.3 Å². The van der Waals surface area contributed by atoms with Gasteiger partial charge in [0.25, 0.3) is 0 Å². The normalized spacial score (nSPS) is 11.6. The van der Waals surface area contributed by atoms with E-state index in [9.17, 15) is 13.2 Å². The molecule has 0 aromatic carbocycles. The van der Waals surface area contributed by atoms with E-state index in [1.165, 1.54) is 0 Å². The maximum atomic E-state index is 12.0. The number of ether oxygens (including phenoxy) is 1. The molecular weight excluding hydrogens is 340 g/mol. The Hall–Kier alpha value is -0.610. The van der Waals surface area contributed by atoms with Crippen LogP contribution in [0.15, 0.2) is 6.20 Å². The van der Waals surface area contributed by atoms with E-state index in [0.717, 1.165) is 6.20 Å². The lowest BCUT2D eigenvalue weighted by Gasteiger charge is -2.13. The van der Waals surface area contributed by atoms with Crippen molar-refractivity contribution in [3.05, 3.63) is 20.9 Å². The molecule has 0 saturated carbocycles.